The highest BCUT2D eigenvalue weighted by molar-refractivity contribution is 7.99. The summed E-state index contributed by atoms with van der Waals surface area (Å²) >= 11 is 1.38. The molecule has 1 amide bonds. The largest absolute Gasteiger partial charge is 0.378 e. The first-order valence-electron chi connectivity index (χ1n) is 11.1. The Balaban J connectivity index is 1.35. The van der Waals surface area contributed by atoms with E-state index in [4.69, 9.17) is 0 Å². The zero-order valence-corrected chi connectivity index (χ0v) is 19.5. The van der Waals surface area contributed by atoms with E-state index < -0.39 is 0 Å². The van der Waals surface area contributed by atoms with Crippen molar-refractivity contribution in [2.45, 2.75) is 31.1 Å². The molecule has 0 radical (unpaired) electrons. The lowest BCUT2D eigenvalue weighted by Gasteiger charge is -2.22. The standard InChI is InChI=1S/C26H24FN5OS/c1-18-15-19-7-5-6-10-23(19)31(18)25(33)17-34-26-30-29-24(32(26)22-8-3-2-4-9-22)16-28-21-13-11-20(27)12-14-21/h2-14,18,28H,15-17H2,1H3/t18-/m1/s1. The molecule has 3 aromatic carbocycles. The molecule has 0 fully saturated rings. The molecule has 0 bridgehead atoms. The number of rotatable bonds is 7. The fourth-order valence-electron chi connectivity index (χ4n) is 4.23. The van der Waals surface area contributed by atoms with Crippen molar-refractivity contribution in [3.05, 3.63) is 96.1 Å². The summed E-state index contributed by atoms with van der Waals surface area (Å²) < 4.78 is 15.2. The number of nitrogens with zero attached hydrogens (tertiary/aromatic N) is 4. The second-order valence-corrected chi connectivity index (χ2v) is 9.11. The van der Waals surface area contributed by atoms with Crippen molar-refractivity contribution < 1.29 is 9.18 Å². The van der Waals surface area contributed by atoms with Gasteiger partial charge in [0.2, 0.25) is 5.91 Å². The molecule has 1 atom stereocenters. The van der Waals surface area contributed by atoms with E-state index in [2.05, 4.69) is 28.5 Å². The summed E-state index contributed by atoms with van der Waals surface area (Å²) in [5.41, 5.74) is 3.90. The molecule has 34 heavy (non-hydrogen) atoms. The van der Waals surface area contributed by atoms with E-state index in [9.17, 15) is 9.18 Å². The summed E-state index contributed by atoms with van der Waals surface area (Å²) in [6.45, 7) is 2.48. The summed E-state index contributed by atoms with van der Waals surface area (Å²) in [5, 5.41) is 12.7. The molecule has 4 aromatic rings. The van der Waals surface area contributed by atoms with Crippen molar-refractivity contribution in [1.29, 1.82) is 0 Å². The molecule has 0 spiro atoms. The van der Waals surface area contributed by atoms with Crippen molar-refractivity contribution in [2.24, 2.45) is 0 Å². The summed E-state index contributed by atoms with van der Waals surface area (Å²) in [5.74, 6) is 0.729. The minimum Gasteiger partial charge on any atom is -0.378 e. The highest BCUT2D eigenvalue weighted by Crippen LogP contribution is 2.33. The molecule has 0 saturated carbocycles. The quantitative estimate of drug-likeness (QED) is 0.379. The predicted octanol–water partition coefficient (Wildman–Crippen LogP) is 5.09. The molecular formula is C26H24FN5OS. The van der Waals surface area contributed by atoms with Crippen LogP contribution in [0.4, 0.5) is 15.8 Å². The van der Waals surface area contributed by atoms with Gasteiger partial charge in [0.15, 0.2) is 11.0 Å². The van der Waals surface area contributed by atoms with Crippen molar-refractivity contribution >= 4 is 29.0 Å². The van der Waals surface area contributed by atoms with Gasteiger partial charge in [-0.25, -0.2) is 4.39 Å². The number of amides is 1. The maximum Gasteiger partial charge on any atom is 0.237 e. The SMILES string of the molecule is C[C@@H]1Cc2ccccc2N1C(=O)CSc1nnc(CNc2ccc(F)cc2)n1-c1ccccc1. The smallest absolute Gasteiger partial charge is 0.237 e. The molecule has 1 aliphatic rings. The topological polar surface area (TPSA) is 63.1 Å². The number of benzene rings is 3. The monoisotopic (exact) mass is 473 g/mol. The maximum absolute atomic E-state index is 13.2. The third kappa shape index (κ3) is 4.54. The van der Waals surface area contributed by atoms with Crippen LogP contribution in [0.1, 0.15) is 18.3 Å². The Bertz CT molecular complexity index is 1290. The van der Waals surface area contributed by atoms with Gasteiger partial charge in [0.25, 0.3) is 0 Å². The van der Waals surface area contributed by atoms with E-state index in [1.807, 2.05) is 58.0 Å². The average Bonchev–Trinajstić information content (AvgIpc) is 3.42. The average molecular weight is 474 g/mol. The molecule has 1 N–H and O–H groups in total. The highest BCUT2D eigenvalue weighted by atomic mass is 32.2. The van der Waals surface area contributed by atoms with Crippen molar-refractivity contribution in [3.8, 4) is 5.69 Å². The predicted molar refractivity (Wildman–Crippen MR) is 133 cm³/mol. The second-order valence-electron chi connectivity index (χ2n) is 8.16. The number of nitrogens with one attached hydrogen (secondary N) is 1. The number of hydrogen-bond acceptors (Lipinski definition) is 5. The van der Waals surface area contributed by atoms with Gasteiger partial charge in [-0.1, -0.05) is 48.2 Å². The normalized spacial score (nSPS) is 14.8. The summed E-state index contributed by atoms with van der Waals surface area (Å²) in [4.78, 5) is 15.1. The lowest BCUT2D eigenvalue weighted by molar-refractivity contribution is -0.116. The van der Waals surface area contributed by atoms with Crippen LogP contribution in [0, 0.1) is 5.82 Å². The zero-order chi connectivity index (χ0) is 23.5. The highest BCUT2D eigenvalue weighted by Gasteiger charge is 2.30. The number of thioether (sulfide) groups is 1. The van der Waals surface area contributed by atoms with Crippen molar-refractivity contribution in [2.75, 3.05) is 16.0 Å². The minimum absolute atomic E-state index is 0.0519. The Kier molecular flexibility index (Phi) is 6.31. The Morgan fingerprint density at radius 3 is 2.56 bits per heavy atom. The van der Waals surface area contributed by atoms with Crippen molar-refractivity contribution in [3.63, 3.8) is 0 Å². The van der Waals surface area contributed by atoms with Gasteiger partial charge in [-0.15, -0.1) is 10.2 Å². The molecule has 0 aliphatic carbocycles. The number of para-hydroxylation sites is 2. The lowest BCUT2D eigenvalue weighted by atomic mass is 10.1. The van der Waals surface area contributed by atoms with Crippen LogP contribution in [0.2, 0.25) is 0 Å². The molecule has 1 aromatic heterocycles. The van der Waals surface area contributed by atoms with Crippen LogP contribution < -0.4 is 10.2 Å². The van der Waals surface area contributed by atoms with E-state index in [1.54, 1.807) is 12.1 Å². The van der Waals surface area contributed by atoms with Crippen LogP contribution >= 0.6 is 11.8 Å². The first-order valence-corrected chi connectivity index (χ1v) is 12.1. The number of halogens is 1. The lowest BCUT2D eigenvalue weighted by Crippen LogP contribution is -2.37. The van der Waals surface area contributed by atoms with Gasteiger partial charge in [0.05, 0.1) is 12.3 Å². The van der Waals surface area contributed by atoms with E-state index in [0.29, 0.717) is 17.5 Å². The number of fused-ring (bicyclic) bond motifs is 1. The first-order chi connectivity index (χ1) is 16.6. The number of hydrogen-bond donors (Lipinski definition) is 1. The van der Waals surface area contributed by atoms with Crippen LogP contribution in [-0.4, -0.2) is 32.5 Å². The van der Waals surface area contributed by atoms with E-state index >= 15 is 0 Å². The van der Waals surface area contributed by atoms with Gasteiger partial charge >= 0.3 is 0 Å². The van der Waals surface area contributed by atoms with Gasteiger partial charge in [-0.2, -0.15) is 0 Å². The summed E-state index contributed by atoms with van der Waals surface area (Å²) in [6.07, 6.45) is 0.867. The molecule has 2 heterocycles. The number of anilines is 2. The second kappa shape index (κ2) is 9.69. The van der Waals surface area contributed by atoms with Gasteiger partial charge in [-0.3, -0.25) is 9.36 Å². The summed E-state index contributed by atoms with van der Waals surface area (Å²) in [7, 11) is 0. The fraction of sp³-hybridized carbons (Fsp3) is 0.192. The molecule has 172 valence electrons. The van der Waals surface area contributed by atoms with E-state index in [1.165, 1.54) is 29.5 Å². The molecule has 1 aliphatic heterocycles. The third-order valence-electron chi connectivity index (χ3n) is 5.81. The minimum atomic E-state index is -0.281. The number of aromatic nitrogens is 3. The van der Waals surface area contributed by atoms with E-state index in [0.717, 1.165) is 23.5 Å². The van der Waals surface area contributed by atoms with Crippen LogP contribution in [0.25, 0.3) is 5.69 Å². The van der Waals surface area contributed by atoms with Crippen LogP contribution in [0.15, 0.2) is 84.0 Å². The fourth-order valence-corrected chi connectivity index (χ4v) is 5.07. The molecule has 0 saturated heterocycles. The Morgan fingerprint density at radius 2 is 1.76 bits per heavy atom. The summed E-state index contributed by atoms with van der Waals surface area (Å²) in [6, 6.07) is 24.2. The molecule has 6 nitrogen and oxygen atoms in total. The molecule has 0 unspecified atom stereocenters. The van der Waals surface area contributed by atoms with Crippen LogP contribution in [0.5, 0.6) is 0 Å². The van der Waals surface area contributed by atoms with Crippen LogP contribution in [0.3, 0.4) is 0 Å². The Labute approximate surface area is 201 Å². The molecule has 8 heteroatoms. The van der Waals surface area contributed by atoms with Crippen LogP contribution in [-0.2, 0) is 17.8 Å². The molecule has 5 rings (SSSR count). The number of carbonyl (C=O) groups excluding carboxylic acids is 1. The van der Waals surface area contributed by atoms with Gasteiger partial charge in [0.1, 0.15) is 5.82 Å². The van der Waals surface area contributed by atoms with Gasteiger partial charge in [0, 0.05) is 23.1 Å². The maximum atomic E-state index is 13.2. The third-order valence-corrected chi connectivity index (χ3v) is 6.72. The number of carbonyl (C=O) groups is 1. The first kappa shape index (κ1) is 22.2. The van der Waals surface area contributed by atoms with Gasteiger partial charge < -0.3 is 10.2 Å². The zero-order valence-electron chi connectivity index (χ0n) is 18.7. The Hall–Kier alpha value is -3.65. The molecular weight excluding hydrogens is 449 g/mol. The Morgan fingerprint density at radius 1 is 1.03 bits per heavy atom. The van der Waals surface area contributed by atoms with Crippen molar-refractivity contribution in [1.82, 2.24) is 14.8 Å². The van der Waals surface area contributed by atoms with Gasteiger partial charge in [-0.05, 0) is 61.4 Å². The van der Waals surface area contributed by atoms with E-state index in [-0.39, 0.29) is 23.5 Å².